The Bertz CT molecular complexity index is 398. The quantitative estimate of drug-likeness (QED) is 0.727. The molecule has 0 amide bonds. The molecule has 0 aliphatic heterocycles. The van der Waals surface area contributed by atoms with E-state index < -0.39 is 0 Å². The number of anilines is 1. The van der Waals surface area contributed by atoms with Crippen molar-refractivity contribution in [1.29, 1.82) is 0 Å². The highest BCUT2D eigenvalue weighted by atomic mass is 32.1. The van der Waals surface area contributed by atoms with Crippen LogP contribution >= 0.6 is 11.3 Å². The number of rotatable bonds is 0. The van der Waals surface area contributed by atoms with Crippen LogP contribution in [0, 0.1) is 12.7 Å². The lowest BCUT2D eigenvalue weighted by Crippen LogP contribution is -1.82. The molecule has 2 nitrogen and oxygen atoms in total. The minimum absolute atomic E-state index is 0.302. The Balaban J connectivity index is 0.000000461. The maximum Gasteiger partial charge on any atom is 0.181 e. The highest BCUT2D eigenvalue weighted by Crippen LogP contribution is 2.28. The van der Waals surface area contributed by atoms with Crippen molar-refractivity contribution in [3.63, 3.8) is 0 Å². The van der Waals surface area contributed by atoms with Crippen LogP contribution in [0.3, 0.4) is 0 Å². The summed E-state index contributed by atoms with van der Waals surface area (Å²) < 4.78 is 13.9. The van der Waals surface area contributed by atoms with E-state index in [0.717, 1.165) is 10.3 Å². The molecule has 2 aromatic rings. The van der Waals surface area contributed by atoms with Crippen molar-refractivity contribution in [2.24, 2.45) is 0 Å². The largest absolute Gasteiger partial charge is 0.375 e. The molecule has 0 saturated carbocycles. The summed E-state index contributed by atoms with van der Waals surface area (Å²) in [4.78, 5) is 3.89. The highest BCUT2D eigenvalue weighted by molar-refractivity contribution is 7.22. The van der Waals surface area contributed by atoms with Crippen LogP contribution in [0.1, 0.15) is 19.4 Å². The second-order valence-electron chi connectivity index (χ2n) is 2.59. The molecule has 14 heavy (non-hydrogen) atoms. The minimum Gasteiger partial charge on any atom is -0.375 e. The molecule has 2 rings (SSSR count). The van der Waals surface area contributed by atoms with E-state index in [9.17, 15) is 4.39 Å². The fourth-order valence-corrected chi connectivity index (χ4v) is 1.93. The number of halogens is 1. The van der Waals surface area contributed by atoms with Gasteiger partial charge in [0.15, 0.2) is 5.13 Å². The fourth-order valence-electron chi connectivity index (χ4n) is 1.12. The first-order chi connectivity index (χ1) is 6.68. The predicted octanol–water partition coefficient (Wildman–Crippen LogP) is 3.35. The molecule has 0 unspecified atom stereocenters. The number of aryl methyl sites for hydroxylation is 1. The first kappa shape index (κ1) is 10.9. The van der Waals surface area contributed by atoms with Crippen LogP contribution in [0.25, 0.3) is 10.2 Å². The lowest BCUT2D eigenvalue weighted by Gasteiger charge is -1.93. The monoisotopic (exact) mass is 212 g/mol. The topological polar surface area (TPSA) is 38.9 Å². The van der Waals surface area contributed by atoms with Crippen molar-refractivity contribution >= 4 is 26.7 Å². The Hall–Kier alpha value is -1.16. The molecule has 0 radical (unpaired) electrons. The zero-order valence-corrected chi connectivity index (χ0v) is 9.28. The van der Waals surface area contributed by atoms with Crippen molar-refractivity contribution in [1.82, 2.24) is 4.98 Å². The van der Waals surface area contributed by atoms with E-state index in [2.05, 4.69) is 4.98 Å². The molecular weight excluding hydrogens is 199 g/mol. The molecule has 1 heterocycles. The SMILES string of the molecule is CC.Cc1ccc(F)c2nc(N)sc12. The van der Waals surface area contributed by atoms with Crippen molar-refractivity contribution in [3.05, 3.63) is 23.5 Å². The van der Waals surface area contributed by atoms with Crippen molar-refractivity contribution in [2.75, 3.05) is 5.73 Å². The second-order valence-corrected chi connectivity index (χ2v) is 3.62. The van der Waals surface area contributed by atoms with Gasteiger partial charge in [-0.1, -0.05) is 31.3 Å². The maximum absolute atomic E-state index is 13.1. The van der Waals surface area contributed by atoms with Gasteiger partial charge in [0.05, 0.1) is 4.70 Å². The number of nitrogens with two attached hydrogens (primary N) is 1. The van der Waals surface area contributed by atoms with Gasteiger partial charge in [-0.05, 0) is 18.6 Å². The van der Waals surface area contributed by atoms with Gasteiger partial charge in [0.1, 0.15) is 11.3 Å². The van der Waals surface area contributed by atoms with Crippen LogP contribution in [0.2, 0.25) is 0 Å². The molecule has 0 spiro atoms. The standard InChI is InChI=1S/C8H7FN2S.C2H6/c1-4-2-3-5(9)6-7(4)12-8(10)11-6;1-2/h2-3H,1H3,(H2,10,11);1-2H3. The Kier molecular flexibility index (Phi) is 3.41. The zero-order chi connectivity index (χ0) is 10.7. The van der Waals surface area contributed by atoms with E-state index in [0.29, 0.717) is 10.6 Å². The third kappa shape index (κ3) is 1.85. The van der Waals surface area contributed by atoms with Gasteiger partial charge in [-0.2, -0.15) is 0 Å². The maximum atomic E-state index is 13.1. The number of hydrogen-bond donors (Lipinski definition) is 1. The molecule has 2 N–H and O–H groups in total. The van der Waals surface area contributed by atoms with Crippen LogP contribution in [0.5, 0.6) is 0 Å². The summed E-state index contributed by atoms with van der Waals surface area (Å²) >= 11 is 1.32. The van der Waals surface area contributed by atoms with Crippen LogP contribution in [0.15, 0.2) is 12.1 Å². The third-order valence-corrected chi connectivity index (χ3v) is 2.73. The normalized spacial score (nSPS) is 9.71. The molecular formula is C10H13FN2S. The molecule has 1 aromatic carbocycles. The second kappa shape index (κ2) is 4.37. The Morgan fingerprint density at radius 2 is 2.00 bits per heavy atom. The van der Waals surface area contributed by atoms with E-state index >= 15 is 0 Å². The van der Waals surface area contributed by atoms with Gasteiger partial charge in [0.25, 0.3) is 0 Å². The molecule has 1 aromatic heterocycles. The Morgan fingerprint density at radius 3 is 2.57 bits per heavy atom. The van der Waals surface area contributed by atoms with Gasteiger partial charge >= 0.3 is 0 Å². The number of thiazole rings is 1. The number of fused-ring (bicyclic) bond motifs is 1. The van der Waals surface area contributed by atoms with Gasteiger partial charge in [0, 0.05) is 0 Å². The summed E-state index contributed by atoms with van der Waals surface area (Å²) in [7, 11) is 0. The third-order valence-electron chi connectivity index (χ3n) is 1.71. The van der Waals surface area contributed by atoms with Gasteiger partial charge in [-0.25, -0.2) is 9.37 Å². The molecule has 0 atom stereocenters. The Morgan fingerprint density at radius 1 is 1.36 bits per heavy atom. The summed E-state index contributed by atoms with van der Waals surface area (Å²) in [6.07, 6.45) is 0. The van der Waals surface area contributed by atoms with Crippen LogP contribution in [0.4, 0.5) is 9.52 Å². The lowest BCUT2D eigenvalue weighted by atomic mass is 10.2. The fraction of sp³-hybridized carbons (Fsp3) is 0.300. The molecule has 0 fully saturated rings. The van der Waals surface area contributed by atoms with Crippen molar-refractivity contribution in [2.45, 2.75) is 20.8 Å². The molecule has 0 saturated heterocycles. The average Bonchev–Trinajstić information content (AvgIpc) is 2.58. The van der Waals surface area contributed by atoms with Crippen molar-refractivity contribution in [3.8, 4) is 0 Å². The summed E-state index contributed by atoms with van der Waals surface area (Å²) in [5.74, 6) is -0.302. The summed E-state index contributed by atoms with van der Waals surface area (Å²) in [5, 5.41) is 0.415. The van der Waals surface area contributed by atoms with Crippen LogP contribution in [-0.4, -0.2) is 4.98 Å². The first-order valence-electron chi connectivity index (χ1n) is 4.49. The molecule has 4 heteroatoms. The molecule has 76 valence electrons. The van der Waals surface area contributed by atoms with Crippen LogP contribution in [-0.2, 0) is 0 Å². The zero-order valence-electron chi connectivity index (χ0n) is 8.47. The number of benzene rings is 1. The highest BCUT2D eigenvalue weighted by Gasteiger charge is 2.07. The molecule has 0 aliphatic rings. The van der Waals surface area contributed by atoms with Crippen LogP contribution < -0.4 is 5.73 Å². The summed E-state index contributed by atoms with van der Waals surface area (Å²) in [5.41, 5.74) is 6.87. The van der Waals surface area contributed by atoms with E-state index in [4.69, 9.17) is 5.73 Å². The number of nitrogen functional groups attached to an aromatic ring is 1. The lowest BCUT2D eigenvalue weighted by molar-refractivity contribution is 0.637. The smallest absolute Gasteiger partial charge is 0.181 e. The predicted molar refractivity (Wildman–Crippen MR) is 60.1 cm³/mol. The van der Waals surface area contributed by atoms with Gasteiger partial charge < -0.3 is 5.73 Å². The van der Waals surface area contributed by atoms with Crippen molar-refractivity contribution < 1.29 is 4.39 Å². The minimum atomic E-state index is -0.302. The van der Waals surface area contributed by atoms with Gasteiger partial charge in [-0.3, -0.25) is 0 Å². The number of hydrogen-bond acceptors (Lipinski definition) is 3. The first-order valence-corrected chi connectivity index (χ1v) is 5.31. The molecule has 0 bridgehead atoms. The van der Waals surface area contributed by atoms with E-state index in [1.807, 2.05) is 20.8 Å². The van der Waals surface area contributed by atoms with Gasteiger partial charge in [0.2, 0.25) is 0 Å². The van der Waals surface area contributed by atoms with E-state index in [1.54, 1.807) is 6.07 Å². The van der Waals surface area contributed by atoms with Gasteiger partial charge in [-0.15, -0.1) is 0 Å². The Labute approximate surface area is 86.6 Å². The number of nitrogens with zero attached hydrogens (tertiary/aromatic N) is 1. The number of aromatic nitrogens is 1. The summed E-state index contributed by atoms with van der Waals surface area (Å²) in [6, 6.07) is 3.14. The van der Waals surface area contributed by atoms with E-state index in [-0.39, 0.29) is 5.82 Å². The summed E-state index contributed by atoms with van der Waals surface area (Å²) in [6.45, 7) is 5.92. The molecule has 0 aliphatic carbocycles. The average molecular weight is 212 g/mol. The van der Waals surface area contributed by atoms with E-state index in [1.165, 1.54) is 17.4 Å².